The number of hydrogen-bond donors (Lipinski definition) is 2. The van der Waals surface area contributed by atoms with E-state index in [1.54, 1.807) is 19.2 Å². The number of carbonyl (C=O) groups excluding carboxylic acids is 1. The monoisotopic (exact) mass is 403 g/mol. The van der Waals surface area contributed by atoms with Crippen molar-refractivity contribution in [1.82, 2.24) is 15.4 Å². The smallest absolute Gasteiger partial charge is 0.273 e. The number of nitrogens with zero attached hydrogens (tertiary/aromatic N) is 2. The Morgan fingerprint density at radius 1 is 1.34 bits per heavy atom. The van der Waals surface area contributed by atoms with Crippen molar-refractivity contribution in [3.63, 3.8) is 0 Å². The Kier molecular flexibility index (Phi) is 7.89. The minimum Gasteiger partial charge on any atom is -0.497 e. The number of aliphatic hydroxyl groups is 1. The van der Waals surface area contributed by atoms with Crippen LogP contribution in [0.4, 0.5) is 0 Å². The highest BCUT2D eigenvalue weighted by Gasteiger charge is 2.21. The van der Waals surface area contributed by atoms with E-state index >= 15 is 0 Å². The molecule has 1 aromatic heterocycles. The molecule has 0 saturated carbocycles. The maximum absolute atomic E-state index is 12.2. The topological polar surface area (TPSA) is 97.1 Å². The zero-order valence-corrected chi connectivity index (χ0v) is 16.8. The number of rotatable bonds is 10. The third-order valence-electron chi connectivity index (χ3n) is 5.08. The molecular formula is C21H29N3O5. The minimum atomic E-state index is -0.265. The zero-order valence-electron chi connectivity index (χ0n) is 16.8. The number of nitrogens with one attached hydrogen (secondary N) is 1. The molecule has 0 spiro atoms. The second-order valence-corrected chi connectivity index (χ2v) is 7.12. The van der Waals surface area contributed by atoms with Crippen LogP contribution in [-0.4, -0.2) is 60.5 Å². The number of benzene rings is 1. The number of ether oxygens (including phenoxy) is 2. The molecule has 1 saturated heterocycles. The number of piperidine rings is 1. The second kappa shape index (κ2) is 10.8. The molecule has 1 aromatic carbocycles. The van der Waals surface area contributed by atoms with Crippen LogP contribution in [0.25, 0.3) is 0 Å². The molecule has 158 valence electrons. The van der Waals surface area contributed by atoms with Gasteiger partial charge in [0.2, 0.25) is 0 Å². The largest absolute Gasteiger partial charge is 0.497 e. The fourth-order valence-corrected chi connectivity index (χ4v) is 3.47. The molecule has 2 N–H and O–H groups in total. The fraction of sp³-hybridized carbons (Fsp3) is 0.524. The number of aromatic nitrogens is 1. The minimum absolute atomic E-state index is 0.172. The van der Waals surface area contributed by atoms with Gasteiger partial charge in [-0.25, -0.2) is 0 Å². The summed E-state index contributed by atoms with van der Waals surface area (Å²) in [6.07, 6.45) is 4.21. The molecule has 8 heteroatoms. The number of amides is 1. The first-order valence-corrected chi connectivity index (χ1v) is 10.0. The summed E-state index contributed by atoms with van der Waals surface area (Å²) in [5.74, 6) is 1.55. The van der Waals surface area contributed by atoms with Crippen LogP contribution in [0.1, 0.15) is 41.9 Å². The molecule has 1 amide bonds. The van der Waals surface area contributed by atoms with Gasteiger partial charge in [-0.1, -0.05) is 17.6 Å². The van der Waals surface area contributed by atoms with Gasteiger partial charge in [0.1, 0.15) is 18.1 Å². The lowest BCUT2D eigenvalue weighted by Crippen LogP contribution is -2.43. The Balaban J connectivity index is 1.39. The highest BCUT2D eigenvalue weighted by molar-refractivity contribution is 5.92. The molecule has 1 aliphatic heterocycles. The van der Waals surface area contributed by atoms with Crippen LogP contribution in [0.15, 0.2) is 34.9 Å². The first kappa shape index (κ1) is 21.1. The first-order chi connectivity index (χ1) is 14.2. The summed E-state index contributed by atoms with van der Waals surface area (Å²) in [6, 6.07) is 9.09. The van der Waals surface area contributed by atoms with Gasteiger partial charge in [0.15, 0.2) is 11.5 Å². The van der Waals surface area contributed by atoms with Gasteiger partial charge in [-0.05, 0) is 37.9 Å². The fourth-order valence-electron chi connectivity index (χ4n) is 3.47. The Labute approximate surface area is 170 Å². The summed E-state index contributed by atoms with van der Waals surface area (Å²) in [5.41, 5.74) is 0.237. The quantitative estimate of drug-likeness (QED) is 0.587. The van der Waals surface area contributed by atoms with Crippen molar-refractivity contribution in [2.45, 2.75) is 38.3 Å². The van der Waals surface area contributed by atoms with Gasteiger partial charge in [0.05, 0.1) is 13.7 Å². The molecule has 0 aliphatic carbocycles. The molecule has 1 fully saturated rings. The summed E-state index contributed by atoms with van der Waals surface area (Å²) >= 11 is 0. The summed E-state index contributed by atoms with van der Waals surface area (Å²) in [4.78, 5) is 14.5. The SMILES string of the molecule is COc1cccc(OCc2cc(C(=O)NCCCN3CCCCC3CO)no2)c1. The highest BCUT2D eigenvalue weighted by Crippen LogP contribution is 2.20. The van der Waals surface area contributed by atoms with Gasteiger partial charge in [0, 0.05) is 31.3 Å². The number of likely N-dealkylation sites (tertiary alicyclic amines) is 1. The van der Waals surface area contributed by atoms with E-state index in [1.165, 1.54) is 12.8 Å². The molecule has 0 bridgehead atoms. The van der Waals surface area contributed by atoms with E-state index < -0.39 is 0 Å². The van der Waals surface area contributed by atoms with E-state index in [0.29, 0.717) is 23.8 Å². The van der Waals surface area contributed by atoms with Gasteiger partial charge in [-0.15, -0.1) is 0 Å². The van der Waals surface area contributed by atoms with Gasteiger partial charge >= 0.3 is 0 Å². The van der Waals surface area contributed by atoms with Crippen LogP contribution in [0.5, 0.6) is 11.5 Å². The molecule has 2 heterocycles. The molecule has 29 heavy (non-hydrogen) atoms. The average Bonchev–Trinajstić information content (AvgIpc) is 3.25. The summed E-state index contributed by atoms with van der Waals surface area (Å²) in [6.45, 7) is 2.80. The molecule has 0 radical (unpaired) electrons. The van der Waals surface area contributed by atoms with Crippen molar-refractivity contribution in [1.29, 1.82) is 0 Å². The van der Waals surface area contributed by atoms with E-state index in [9.17, 15) is 9.90 Å². The molecule has 8 nitrogen and oxygen atoms in total. The normalized spacial score (nSPS) is 17.1. The predicted octanol–water partition coefficient (Wildman–Crippen LogP) is 2.23. The highest BCUT2D eigenvalue weighted by atomic mass is 16.5. The zero-order chi connectivity index (χ0) is 20.5. The van der Waals surface area contributed by atoms with E-state index in [2.05, 4.69) is 15.4 Å². The third-order valence-corrected chi connectivity index (χ3v) is 5.08. The van der Waals surface area contributed by atoms with Crippen molar-refractivity contribution >= 4 is 5.91 Å². The predicted molar refractivity (Wildman–Crippen MR) is 107 cm³/mol. The molecular weight excluding hydrogens is 374 g/mol. The van der Waals surface area contributed by atoms with E-state index in [0.717, 1.165) is 25.9 Å². The van der Waals surface area contributed by atoms with E-state index in [4.69, 9.17) is 14.0 Å². The summed E-state index contributed by atoms with van der Waals surface area (Å²) in [5, 5.41) is 16.1. The van der Waals surface area contributed by atoms with Crippen LogP contribution in [-0.2, 0) is 6.61 Å². The molecule has 1 unspecified atom stereocenters. The van der Waals surface area contributed by atoms with Crippen LogP contribution >= 0.6 is 0 Å². The van der Waals surface area contributed by atoms with Gasteiger partial charge < -0.3 is 24.4 Å². The maximum atomic E-state index is 12.2. The van der Waals surface area contributed by atoms with E-state index in [1.807, 2.05) is 18.2 Å². The average molecular weight is 403 g/mol. The Morgan fingerprint density at radius 3 is 3.03 bits per heavy atom. The number of hydrogen-bond acceptors (Lipinski definition) is 7. The number of carbonyl (C=O) groups is 1. The van der Waals surface area contributed by atoms with Gasteiger partial charge in [0.25, 0.3) is 5.91 Å². The van der Waals surface area contributed by atoms with Crippen LogP contribution in [0.3, 0.4) is 0 Å². The van der Waals surface area contributed by atoms with Crippen molar-refractivity contribution < 1.29 is 23.9 Å². The van der Waals surface area contributed by atoms with Crippen molar-refractivity contribution in [3.05, 3.63) is 41.8 Å². The van der Waals surface area contributed by atoms with Crippen LogP contribution in [0.2, 0.25) is 0 Å². The Morgan fingerprint density at radius 2 is 2.21 bits per heavy atom. The van der Waals surface area contributed by atoms with Gasteiger partial charge in [-0.3, -0.25) is 9.69 Å². The lowest BCUT2D eigenvalue weighted by molar-refractivity contribution is 0.0865. The second-order valence-electron chi connectivity index (χ2n) is 7.12. The molecule has 2 aromatic rings. The summed E-state index contributed by atoms with van der Waals surface area (Å²) < 4.78 is 16.0. The summed E-state index contributed by atoms with van der Waals surface area (Å²) in [7, 11) is 1.60. The van der Waals surface area contributed by atoms with Crippen molar-refractivity contribution in [3.8, 4) is 11.5 Å². The Bertz CT molecular complexity index is 779. The molecule has 1 atom stereocenters. The lowest BCUT2D eigenvalue weighted by Gasteiger charge is -2.34. The Hall–Kier alpha value is -2.58. The first-order valence-electron chi connectivity index (χ1n) is 10.0. The van der Waals surface area contributed by atoms with Crippen LogP contribution in [0, 0.1) is 0 Å². The molecule has 3 rings (SSSR count). The maximum Gasteiger partial charge on any atom is 0.273 e. The number of aliphatic hydroxyl groups excluding tert-OH is 1. The van der Waals surface area contributed by atoms with Crippen LogP contribution < -0.4 is 14.8 Å². The standard InChI is InChI=1S/C21H29N3O5/c1-27-17-7-4-8-18(12-17)28-15-19-13-20(23-29-19)21(26)22-9-5-11-24-10-3-2-6-16(24)14-25/h4,7-8,12-13,16,25H,2-3,5-6,9-11,14-15H2,1H3,(H,22,26). The lowest BCUT2D eigenvalue weighted by atomic mass is 10.0. The molecule has 1 aliphatic rings. The van der Waals surface area contributed by atoms with Gasteiger partial charge in [-0.2, -0.15) is 0 Å². The van der Waals surface area contributed by atoms with E-state index in [-0.39, 0.29) is 30.9 Å². The third kappa shape index (κ3) is 6.20. The van der Waals surface area contributed by atoms with Crippen molar-refractivity contribution in [2.24, 2.45) is 0 Å². The number of methoxy groups -OCH3 is 1. The van der Waals surface area contributed by atoms with Crippen molar-refractivity contribution in [2.75, 3.05) is 33.4 Å².